The van der Waals surface area contributed by atoms with E-state index in [1.54, 1.807) is 12.1 Å². The molecule has 90 valence electrons. The SMILES string of the molecule is CSc1cccc(C(O)C(=O)O)c1CCC#N. The molecular weight excluding hydrogens is 238 g/mol. The average molecular weight is 251 g/mol. The van der Waals surface area contributed by atoms with Gasteiger partial charge in [-0.15, -0.1) is 11.8 Å². The number of aliphatic hydroxyl groups excluding tert-OH is 1. The van der Waals surface area contributed by atoms with Crippen molar-refractivity contribution in [2.24, 2.45) is 0 Å². The molecule has 1 unspecified atom stereocenters. The van der Waals surface area contributed by atoms with Crippen molar-refractivity contribution in [1.29, 1.82) is 5.26 Å². The maximum absolute atomic E-state index is 10.8. The minimum Gasteiger partial charge on any atom is -0.479 e. The van der Waals surface area contributed by atoms with E-state index in [0.29, 0.717) is 18.4 Å². The molecule has 0 saturated carbocycles. The zero-order valence-electron chi connectivity index (χ0n) is 9.38. The number of carboxylic acids is 1. The van der Waals surface area contributed by atoms with Crippen molar-refractivity contribution in [3.8, 4) is 6.07 Å². The van der Waals surface area contributed by atoms with Crippen molar-refractivity contribution in [3.05, 3.63) is 29.3 Å². The molecule has 0 heterocycles. The monoisotopic (exact) mass is 251 g/mol. The van der Waals surface area contributed by atoms with Crippen molar-refractivity contribution in [3.63, 3.8) is 0 Å². The first-order valence-electron chi connectivity index (χ1n) is 5.05. The molecule has 0 saturated heterocycles. The largest absolute Gasteiger partial charge is 0.479 e. The van der Waals surface area contributed by atoms with E-state index in [0.717, 1.165) is 10.5 Å². The predicted octanol–water partition coefficient (Wildman–Crippen LogP) is 1.98. The van der Waals surface area contributed by atoms with Gasteiger partial charge in [-0.05, 0) is 29.9 Å². The Morgan fingerprint density at radius 3 is 2.82 bits per heavy atom. The van der Waals surface area contributed by atoms with Gasteiger partial charge in [0.05, 0.1) is 6.07 Å². The van der Waals surface area contributed by atoms with Crippen molar-refractivity contribution in [2.75, 3.05) is 6.26 Å². The lowest BCUT2D eigenvalue weighted by molar-refractivity contribution is -0.147. The summed E-state index contributed by atoms with van der Waals surface area (Å²) in [6.45, 7) is 0. The van der Waals surface area contributed by atoms with Gasteiger partial charge in [-0.25, -0.2) is 4.79 Å². The number of nitriles is 1. The number of thioether (sulfide) groups is 1. The minimum atomic E-state index is -1.53. The second-order valence-corrected chi connectivity index (χ2v) is 4.28. The Balaban J connectivity index is 3.19. The number of benzene rings is 1. The quantitative estimate of drug-likeness (QED) is 0.782. The topological polar surface area (TPSA) is 81.3 Å². The molecule has 0 aliphatic rings. The van der Waals surface area contributed by atoms with E-state index in [1.165, 1.54) is 11.8 Å². The van der Waals surface area contributed by atoms with Gasteiger partial charge in [0.2, 0.25) is 0 Å². The highest BCUT2D eigenvalue weighted by molar-refractivity contribution is 7.98. The Hall–Kier alpha value is -1.51. The molecule has 0 aliphatic carbocycles. The van der Waals surface area contributed by atoms with Crippen LogP contribution >= 0.6 is 11.8 Å². The molecule has 0 bridgehead atoms. The van der Waals surface area contributed by atoms with Crippen LogP contribution in [-0.4, -0.2) is 22.4 Å². The van der Waals surface area contributed by atoms with Gasteiger partial charge < -0.3 is 10.2 Å². The number of carbonyl (C=O) groups is 1. The van der Waals surface area contributed by atoms with Crippen LogP contribution in [-0.2, 0) is 11.2 Å². The minimum absolute atomic E-state index is 0.302. The molecule has 1 atom stereocenters. The molecular formula is C12H13NO3S. The Morgan fingerprint density at radius 2 is 2.29 bits per heavy atom. The van der Waals surface area contributed by atoms with E-state index in [4.69, 9.17) is 10.4 Å². The first-order valence-corrected chi connectivity index (χ1v) is 6.28. The highest BCUT2D eigenvalue weighted by atomic mass is 32.2. The van der Waals surface area contributed by atoms with Gasteiger partial charge in [-0.1, -0.05) is 12.1 Å². The van der Waals surface area contributed by atoms with Gasteiger partial charge in [0.15, 0.2) is 6.10 Å². The van der Waals surface area contributed by atoms with Crippen LogP contribution in [0.4, 0.5) is 0 Å². The van der Waals surface area contributed by atoms with Crippen molar-refractivity contribution >= 4 is 17.7 Å². The molecule has 1 rings (SSSR count). The molecule has 0 aromatic heterocycles. The average Bonchev–Trinajstić information content (AvgIpc) is 2.34. The summed E-state index contributed by atoms with van der Waals surface area (Å²) in [7, 11) is 0. The lowest BCUT2D eigenvalue weighted by Gasteiger charge is -2.14. The van der Waals surface area contributed by atoms with Crippen molar-refractivity contribution in [1.82, 2.24) is 0 Å². The summed E-state index contributed by atoms with van der Waals surface area (Å²) in [6, 6.07) is 7.18. The van der Waals surface area contributed by atoms with Gasteiger partial charge >= 0.3 is 5.97 Å². The molecule has 5 heteroatoms. The Kier molecular flexibility index (Phi) is 5.01. The molecule has 0 fully saturated rings. The Labute approximate surface area is 104 Å². The molecule has 4 nitrogen and oxygen atoms in total. The Bertz CT molecular complexity index is 454. The highest BCUT2D eigenvalue weighted by Crippen LogP contribution is 2.28. The van der Waals surface area contributed by atoms with Crippen LogP contribution < -0.4 is 0 Å². The van der Waals surface area contributed by atoms with Crippen LogP contribution in [0.3, 0.4) is 0 Å². The molecule has 0 aliphatic heterocycles. The molecule has 2 N–H and O–H groups in total. The third-order valence-corrected chi connectivity index (χ3v) is 3.23. The van der Waals surface area contributed by atoms with Gasteiger partial charge in [-0.2, -0.15) is 5.26 Å². The summed E-state index contributed by atoms with van der Waals surface area (Å²) < 4.78 is 0. The second kappa shape index (κ2) is 6.28. The molecule has 1 aromatic rings. The molecule has 17 heavy (non-hydrogen) atoms. The van der Waals surface area contributed by atoms with E-state index >= 15 is 0 Å². The summed E-state index contributed by atoms with van der Waals surface area (Å²) in [4.78, 5) is 11.7. The van der Waals surface area contributed by atoms with Crippen LogP contribution in [0, 0.1) is 11.3 Å². The van der Waals surface area contributed by atoms with Crippen LogP contribution in [0.15, 0.2) is 23.1 Å². The van der Waals surface area contributed by atoms with Gasteiger partial charge in [0, 0.05) is 11.3 Å². The first-order chi connectivity index (χ1) is 8.11. The predicted molar refractivity (Wildman–Crippen MR) is 64.8 cm³/mol. The summed E-state index contributed by atoms with van der Waals surface area (Å²) in [6.07, 6.45) is 1.10. The third kappa shape index (κ3) is 3.22. The van der Waals surface area contributed by atoms with E-state index in [1.807, 2.05) is 18.4 Å². The van der Waals surface area contributed by atoms with E-state index in [-0.39, 0.29) is 0 Å². The van der Waals surface area contributed by atoms with Gasteiger partial charge in [-0.3, -0.25) is 0 Å². The van der Waals surface area contributed by atoms with Crippen LogP contribution in [0.2, 0.25) is 0 Å². The smallest absolute Gasteiger partial charge is 0.337 e. The lowest BCUT2D eigenvalue weighted by atomic mass is 9.99. The number of rotatable bonds is 5. The van der Waals surface area contributed by atoms with E-state index in [9.17, 15) is 9.90 Å². The number of aliphatic hydroxyl groups is 1. The number of hydrogen-bond acceptors (Lipinski definition) is 4. The summed E-state index contributed by atoms with van der Waals surface area (Å²) in [5, 5.41) is 27.0. The number of nitrogens with zero attached hydrogens (tertiary/aromatic N) is 1. The van der Waals surface area contributed by atoms with E-state index < -0.39 is 12.1 Å². The van der Waals surface area contributed by atoms with E-state index in [2.05, 4.69) is 0 Å². The molecule has 0 amide bonds. The van der Waals surface area contributed by atoms with Crippen LogP contribution in [0.5, 0.6) is 0 Å². The zero-order chi connectivity index (χ0) is 12.8. The van der Waals surface area contributed by atoms with Crippen LogP contribution in [0.25, 0.3) is 0 Å². The van der Waals surface area contributed by atoms with Crippen molar-refractivity contribution in [2.45, 2.75) is 23.8 Å². The third-order valence-electron chi connectivity index (χ3n) is 2.40. The van der Waals surface area contributed by atoms with Crippen LogP contribution in [0.1, 0.15) is 23.7 Å². The molecule has 0 spiro atoms. The number of carboxylic acid groups (broad SMARTS) is 1. The normalized spacial score (nSPS) is 11.8. The molecule has 1 aromatic carbocycles. The fourth-order valence-corrected chi connectivity index (χ4v) is 2.29. The summed E-state index contributed by atoms with van der Waals surface area (Å²) in [5.41, 5.74) is 1.12. The number of hydrogen-bond donors (Lipinski definition) is 2. The summed E-state index contributed by atoms with van der Waals surface area (Å²) in [5.74, 6) is -1.28. The van der Waals surface area contributed by atoms with Crippen molar-refractivity contribution < 1.29 is 15.0 Å². The maximum atomic E-state index is 10.8. The fourth-order valence-electron chi connectivity index (χ4n) is 1.61. The van der Waals surface area contributed by atoms with Gasteiger partial charge in [0.1, 0.15) is 0 Å². The summed E-state index contributed by atoms with van der Waals surface area (Å²) >= 11 is 1.48. The van der Waals surface area contributed by atoms with Gasteiger partial charge in [0.25, 0.3) is 0 Å². The zero-order valence-corrected chi connectivity index (χ0v) is 10.2. The first kappa shape index (κ1) is 13.6. The Morgan fingerprint density at radius 1 is 1.59 bits per heavy atom. The highest BCUT2D eigenvalue weighted by Gasteiger charge is 2.20. The fraction of sp³-hybridized carbons (Fsp3) is 0.333. The molecule has 0 radical (unpaired) electrons. The standard InChI is InChI=1S/C12H13NO3S/c1-17-10-6-2-4-9(11(14)12(15)16)8(10)5-3-7-13/h2,4,6,11,14H,3,5H2,1H3,(H,15,16). The maximum Gasteiger partial charge on any atom is 0.337 e. The lowest BCUT2D eigenvalue weighted by Crippen LogP contribution is -2.13. The number of aliphatic carboxylic acids is 1. The second-order valence-electron chi connectivity index (χ2n) is 3.43.